The van der Waals surface area contributed by atoms with Crippen molar-refractivity contribution in [2.75, 3.05) is 44.7 Å². The number of nitrogens with one attached hydrogen (secondary N) is 1. The quantitative estimate of drug-likeness (QED) is 0.889. The Morgan fingerprint density at radius 2 is 2.11 bits per heavy atom. The van der Waals surface area contributed by atoms with Gasteiger partial charge in [0.1, 0.15) is 0 Å². The Labute approximate surface area is 115 Å². The number of para-hydroxylation sites is 1. The number of rotatable bonds is 3. The summed E-state index contributed by atoms with van der Waals surface area (Å²) in [5.41, 5.74) is 2.33. The third-order valence-corrected chi connectivity index (χ3v) is 3.59. The number of aryl methyl sites for hydroxylation is 1. The van der Waals surface area contributed by atoms with Gasteiger partial charge in [-0.05, 0) is 31.5 Å². The largest absolute Gasteiger partial charge is 0.365 e. The number of amides is 1. The summed E-state index contributed by atoms with van der Waals surface area (Å²) in [5.74, 6) is 0.217. The van der Waals surface area contributed by atoms with Crippen molar-refractivity contribution in [2.24, 2.45) is 0 Å². The summed E-state index contributed by atoms with van der Waals surface area (Å²) in [6, 6.07) is 8.17. The minimum atomic E-state index is 0.217. The molecule has 104 valence electrons. The highest BCUT2D eigenvalue weighted by molar-refractivity contribution is 5.81. The van der Waals surface area contributed by atoms with Gasteiger partial charge in [0, 0.05) is 32.4 Å². The lowest BCUT2D eigenvalue weighted by atomic mass is 10.2. The molecular weight excluding hydrogens is 238 g/mol. The molecule has 4 nitrogen and oxygen atoms in total. The van der Waals surface area contributed by atoms with Crippen LogP contribution in [0.15, 0.2) is 24.3 Å². The maximum absolute atomic E-state index is 12.3. The summed E-state index contributed by atoms with van der Waals surface area (Å²) in [7, 11) is 1.98. The summed E-state index contributed by atoms with van der Waals surface area (Å²) >= 11 is 0. The van der Waals surface area contributed by atoms with Gasteiger partial charge in [0.05, 0.1) is 6.54 Å². The molecule has 0 unspecified atom stereocenters. The van der Waals surface area contributed by atoms with E-state index in [0.29, 0.717) is 6.54 Å². The average Bonchev–Trinajstić information content (AvgIpc) is 2.68. The molecule has 1 saturated heterocycles. The second-order valence-electron chi connectivity index (χ2n) is 5.13. The van der Waals surface area contributed by atoms with Crippen LogP contribution in [0.2, 0.25) is 0 Å². The Balaban J connectivity index is 1.96. The molecule has 1 fully saturated rings. The number of carbonyl (C=O) groups excluding carboxylic acids is 1. The maximum atomic E-state index is 12.3. The third-order valence-electron chi connectivity index (χ3n) is 3.59. The number of hydrogen-bond acceptors (Lipinski definition) is 3. The van der Waals surface area contributed by atoms with Gasteiger partial charge in [-0.15, -0.1) is 0 Å². The Kier molecular flexibility index (Phi) is 4.80. The smallest absolute Gasteiger partial charge is 0.242 e. The fourth-order valence-electron chi connectivity index (χ4n) is 2.47. The Morgan fingerprint density at radius 3 is 2.89 bits per heavy atom. The highest BCUT2D eigenvalue weighted by Gasteiger charge is 2.17. The number of anilines is 1. The van der Waals surface area contributed by atoms with Crippen LogP contribution in [0.4, 0.5) is 5.69 Å². The standard InChI is InChI=1S/C15H23N3O/c1-13-6-3-4-7-14(13)17(2)12-15(19)18-10-5-8-16-9-11-18/h3-4,6-7,16H,5,8-12H2,1-2H3. The molecule has 0 saturated carbocycles. The lowest BCUT2D eigenvalue weighted by molar-refractivity contribution is -0.129. The maximum Gasteiger partial charge on any atom is 0.242 e. The summed E-state index contributed by atoms with van der Waals surface area (Å²) in [6.45, 7) is 6.13. The van der Waals surface area contributed by atoms with Crippen LogP contribution in [-0.4, -0.2) is 50.6 Å². The highest BCUT2D eigenvalue weighted by Crippen LogP contribution is 2.17. The normalized spacial score (nSPS) is 16.0. The molecule has 0 atom stereocenters. The summed E-state index contributed by atoms with van der Waals surface area (Å²) in [4.78, 5) is 16.3. The number of likely N-dealkylation sites (N-methyl/N-ethyl adjacent to an activating group) is 1. The number of benzene rings is 1. The monoisotopic (exact) mass is 261 g/mol. The van der Waals surface area contributed by atoms with E-state index in [2.05, 4.69) is 24.4 Å². The van der Waals surface area contributed by atoms with E-state index in [-0.39, 0.29) is 5.91 Å². The molecule has 1 heterocycles. The molecular formula is C15H23N3O. The van der Waals surface area contributed by atoms with Gasteiger partial charge in [0.2, 0.25) is 5.91 Å². The van der Waals surface area contributed by atoms with E-state index in [9.17, 15) is 4.79 Å². The van der Waals surface area contributed by atoms with Crippen molar-refractivity contribution < 1.29 is 4.79 Å². The fourth-order valence-corrected chi connectivity index (χ4v) is 2.47. The van der Waals surface area contributed by atoms with E-state index in [1.165, 1.54) is 5.56 Å². The molecule has 1 aliphatic heterocycles. The first-order valence-corrected chi connectivity index (χ1v) is 6.94. The Morgan fingerprint density at radius 1 is 1.32 bits per heavy atom. The van der Waals surface area contributed by atoms with Gasteiger partial charge in [0.15, 0.2) is 0 Å². The zero-order chi connectivity index (χ0) is 13.7. The lowest BCUT2D eigenvalue weighted by Crippen LogP contribution is -2.40. The highest BCUT2D eigenvalue weighted by atomic mass is 16.2. The van der Waals surface area contributed by atoms with Gasteiger partial charge >= 0.3 is 0 Å². The first kappa shape index (κ1) is 13.9. The van der Waals surface area contributed by atoms with Crippen LogP contribution in [0.1, 0.15) is 12.0 Å². The van der Waals surface area contributed by atoms with Crippen molar-refractivity contribution in [3.8, 4) is 0 Å². The molecule has 1 N–H and O–H groups in total. The van der Waals surface area contributed by atoms with Crippen LogP contribution in [0.3, 0.4) is 0 Å². The van der Waals surface area contributed by atoms with Crippen molar-refractivity contribution in [3.05, 3.63) is 29.8 Å². The Hall–Kier alpha value is -1.55. The van der Waals surface area contributed by atoms with Crippen molar-refractivity contribution >= 4 is 11.6 Å². The van der Waals surface area contributed by atoms with Crippen LogP contribution in [0, 0.1) is 6.92 Å². The van der Waals surface area contributed by atoms with Crippen LogP contribution in [-0.2, 0) is 4.79 Å². The molecule has 2 rings (SSSR count). The van der Waals surface area contributed by atoms with E-state index >= 15 is 0 Å². The molecule has 1 aliphatic rings. The molecule has 0 aromatic heterocycles. The van der Waals surface area contributed by atoms with Crippen LogP contribution >= 0.6 is 0 Å². The first-order valence-electron chi connectivity index (χ1n) is 6.94. The minimum Gasteiger partial charge on any atom is -0.365 e. The number of carbonyl (C=O) groups is 1. The summed E-state index contributed by atoms with van der Waals surface area (Å²) < 4.78 is 0. The lowest BCUT2D eigenvalue weighted by Gasteiger charge is -2.26. The average molecular weight is 261 g/mol. The molecule has 0 radical (unpaired) electrons. The fraction of sp³-hybridized carbons (Fsp3) is 0.533. The molecule has 1 aromatic rings. The molecule has 19 heavy (non-hydrogen) atoms. The van der Waals surface area contributed by atoms with Gasteiger partial charge in [-0.3, -0.25) is 4.79 Å². The van der Waals surface area contributed by atoms with Crippen molar-refractivity contribution in [1.29, 1.82) is 0 Å². The first-order chi connectivity index (χ1) is 9.18. The van der Waals surface area contributed by atoms with Gasteiger partial charge in [-0.25, -0.2) is 0 Å². The molecule has 4 heteroatoms. The van der Waals surface area contributed by atoms with Crippen LogP contribution in [0.25, 0.3) is 0 Å². The van der Waals surface area contributed by atoms with Gasteiger partial charge in [-0.1, -0.05) is 18.2 Å². The van der Waals surface area contributed by atoms with E-state index in [1.807, 2.05) is 29.0 Å². The van der Waals surface area contributed by atoms with E-state index in [1.54, 1.807) is 0 Å². The van der Waals surface area contributed by atoms with Gasteiger partial charge < -0.3 is 15.1 Å². The van der Waals surface area contributed by atoms with Crippen molar-refractivity contribution in [3.63, 3.8) is 0 Å². The Bertz CT molecular complexity index is 425. The van der Waals surface area contributed by atoms with E-state index in [0.717, 1.165) is 38.3 Å². The molecule has 0 bridgehead atoms. The predicted molar refractivity (Wildman–Crippen MR) is 78.5 cm³/mol. The molecule has 1 amide bonds. The van der Waals surface area contributed by atoms with Crippen molar-refractivity contribution in [2.45, 2.75) is 13.3 Å². The predicted octanol–water partition coefficient (Wildman–Crippen LogP) is 1.25. The second-order valence-corrected chi connectivity index (χ2v) is 5.13. The SMILES string of the molecule is Cc1ccccc1N(C)CC(=O)N1CCCNCC1. The number of nitrogens with zero attached hydrogens (tertiary/aromatic N) is 2. The topological polar surface area (TPSA) is 35.6 Å². The molecule has 0 aliphatic carbocycles. The molecule has 1 aromatic carbocycles. The summed E-state index contributed by atoms with van der Waals surface area (Å²) in [5, 5.41) is 3.32. The molecule has 0 spiro atoms. The zero-order valence-electron chi connectivity index (χ0n) is 11.9. The van der Waals surface area contributed by atoms with E-state index in [4.69, 9.17) is 0 Å². The van der Waals surface area contributed by atoms with Crippen molar-refractivity contribution in [1.82, 2.24) is 10.2 Å². The third kappa shape index (κ3) is 3.70. The summed E-state index contributed by atoms with van der Waals surface area (Å²) in [6.07, 6.45) is 1.04. The van der Waals surface area contributed by atoms with Crippen LogP contribution < -0.4 is 10.2 Å². The van der Waals surface area contributed by atoms with Gasteiger partial charge in [0.25, 0.3) is 0 Å². The van der Waals surface area contributed by atoms with Crippen LogP contribution in [0.5, 0.6) is 0 Å². The zero-order valence-corrected chi connectivity index (χ0v) is 11.9. The second kappa shape index (κ2) is 6.57. The van der Waals surface area contributed by atoms with Gasteiger partial charge in [-0.2, -0.15) is 0 Å². The minimum absolute atomic E-state index is 0.217. The number of hydrogen-bond donors (Lipinski definition) is 1. The van der Waals surface area contributed by atoms with E-state index < -0.39 is 0 Å².